The predicted octanol–water partition coefficient (Wildman–Crippen LogP) is 7.76. The third kappa shape index (κ3) is 29.0. The Balaban J connectivity index is 4.01. The van der Waals surface area contributed by atoms with E-state index in [2.05, 4.69) is 24.5 Å². The van der Waals surface area contributed by atoms with Crippen molar-refractivity contribution < 1.29 is 34.1 Å². The minimum absolute atomic E-state index is 0.0311. The Morgan fingerprint density at radius 2 is 1.00 bits per heavy atom. The van der Waals surface area contributed by atoms with Crippen molar-refractivity contribution in [2.45, 2.75) is 193 Å². The highest BCUT2D eigenvalue weighted by Crippen LogP contribution is 2.18. The molecule has 0 heterocycles. The maximum atomic E-state index is 12.6. The molecule has 0 aliphatic heterocycles. The van der Waals surface area contributed by atoms with Crippen molar-refractivity contribution in [1.29, 1.82) is 0 Å². The number of carbonyl (C=O) groups excluding carboxylic acids is 3. The first kappa shape index (κ1) is 42.8. The van der Waals surface area contributed by atoms with Crippen LogP contribution in [-0.4, -0.2) is 59.3 Å². The zero-order chi connectivity index (χ0) is 33.4. The number of aliphatic hydroxyl groups excluding tert-OH is 1. The summed E-state index contributed by atoms with van der Waals surface area (Å²) in [5, 5.41) is 22.4. The maximum Gasteiger partial charge on any atom is 0.328 e. The minimum atomic E-state index is -1.38. The molecule has 0 saturated carbocycles. The predicted molar refractivity (Wildman–Crippen MR) is 181 cm³/mol. The number of carbonyl (C=O) groups is 4. The van der Waals surface area contributed by atoms with Gasteiger partial charge in [0.05, 0.1) is 13.2 Å². The SMILES string of the molecule is CCCCCCCCCCCCCCCCC(=O)OC(CCCCCC)CCCCCCC(=O)NCC(=O)NC(CO)C(=O)O. The van der Waals surface area contributed by atoms with Crippen LogP contribution in [0, 0.1) is 0 Å². The Kier molecular flexibility index (Phi) is 30.3. The van der Waals surface area contributed by atoms with Crippen molar-refractivity contribution in [3.63, 3.8) is 0 Å². The molecule has 9 heteroatoms. The highest BCUT2D eigenvalue weighted by Gasteiger charge is 2.19. The van der Waals surface area contributed by atoms with E-state index < -0.39 is 24.5 Å². The average Bonchev–Trinajstić information content (AvgIpc) is 3.02. The summed E-state index contributed by atoms with van der Waals surface area (Å²) >= 11 is 0. The second kappa shape index (κ2) is 31.8. The van der Waals surface area contributed by atoms with Gasteiger partial charge < -0.3 is 25.6 Å². The summed E-state index contributed by atoms with van der Waals surface area (Å²) in [6.45, 7) is 3.41. The number of nitrogens with one attached hydrogen (secondary N) is 2. The van der Waals surface area contributed by atoms with Crippen molar-refractivity contribution in [3.8, 4) is 0 Å². The molecule has 4 N–H and O–H groups in total. The van der Waals surface area contributed by atoms with Gasteiger partial charge in [-0.25, -0.2) is 4.79 Å². The molecule has 0 aromatic rings. The minimum Gasteiger partial charge on any atom is -0.480 e. The van der Waals surface area contributed by atoms with Crippen LogP contribution in [0.3, 0.4) is 0 Å². The smallest absolute Gasteiger partial charge is 0.328 e. The molecular weight excluding hydrogens is 572 g/mol. The molecule has 0 spiro atoms. The molecule has 2 unspecified atom stereocenters. The van der Waals surface area contributed by atoms with Gasteiger partial charge in [0.15, 0.2) is 0 Å². The molecule has 0 saturated heterocycles. The Morgan fingerprint density at radius 3 is 1.47 bits per heavy atom. The number of carboxylic acid groups (broad SMARTS) is 1. The van der Waals surface area contributed by atoms with Gasteiger partial charge in [-0.1, -0.05) is 129 Å². The van der Waals surface area contributed by atoms with E-state index in [1.807, 2.05) is 0 Å². The lowest BCUT2D eigenvalue weighted by Crippen LogP contribution is -2.47. The lowest BCUT2D eigenvalue weighted by molar-refractivity contribution is -0.150. The van der Waals surface area contributed by atoms with Crippen LogP contribution in [0.25, 0.3) is 0 Å². The molecule has 9 nitrogen and oxygen atoms in total. The molecule has 2 atom stereocenters. The van der Waals surface area contributed by atoms with Crippen LogP contribution < -0.4 is 10.6 Å². The van der Waals surface area contributed by atoms with Gasteiger partial charge in [0, 0.05) is 12.8 Å². The fourth-order valence-electron chi connectivity index (χ4n) is 5.48. The summed E-state index contributed by atoms with van der Waals surface area (Å²) < 4.78 is 5.90. The lowest BCUT2D eigenvalue weighted by atomic mass is 10.0. The number of esters is 1. The molecular formula is C36H68N2O7. The highest BCUT2D eigenvalue weighted by molar-refractivity contribution is 5.87. The Hall–Kier alpha value is -2.16. The third-order valence-corrected chi connectivity index (χ3v) is 8.35. The molecule has 0 fully saturated rings. The molecule has 0 aromatic heterocycles. The van der Waals surface area contributed by atoms with Gasteiger partial charge in [-0.2, -0.15) is 0 Å². The topological polar surface area (TPSA) is 142 Å². The molecule has 0 radical (unpaired) electrons. The molecule has 0 rings (SSSR count). The maximum absolute atomic E-state index is 12.6. The highest BCUT2D eigenvalue weighted by atomic mass is 16.5. The summed E-state index contributed by atoms with van der Waals surface area (Å²) in [6.07, 6.45) is 28.7. The number of rotatable bonds is 33. The van der Waals surface area contributed by atoms with Gasteiger partial charge in [0.1, 0.15) is 12.1 Å². The zero-order valence-electron chi connectivity index (χ0n) is 28.9. The van der Waals surface area contributed by atoms with E-state index in [4.69, 9.17) is 14.9 Å². The van der Waals surface area contributed by atoms with Crippen LogP contribution in [-0.2, 0) is 23.9 Å². The Bertz CT molecular complexity index is 747. The van der Waals surface area contributed by atoms with E-state index in [0.29, 0.717) is 12.8 Å². The van der Waals surface area contributed by atoms with Crippen LogP contribution in [0.15, 0.2) is 0 Å². The lowest BCUT2D eigenvalue weighted by Gasteiger charge is -2.18. The zero-order valence-corrected chi connectivity index (χ0v) is 28.9. The van der Waals surface area contributed by atoms with Crippen molar-refractivity contribution in [3.05, 3.63) is 0 Å². The van der Waals surface area contributed by atoms with E-state index >= 15 is 0 Å². The van der Waals surface area contributed by atoms with E-state index in [1.165, 1.54) is 89.9 Å². The molecule has 45 heavy (non-hydrogen) atoms. The number of ether oxygens (including phenoxy) is 1. The third-order valence-electron chi connectivity index (χ3n) is 8.35. The normalized spacial score (nSPS) is 12.4. The summed E-state index contributed by atoms with van der Waals surface area (Å²) in [5.74, 6) is -2.33. The van der Waals surface area contributed by atoms with Crippen LogP contribution in [0.5, 0.6) is 0 Å². The van der Waals surface area contributed by atoms with Crippen LogP contribution >= 0.6 is 0 Å². The van der Waals surface area contributed by atoms with E-state index in [1.54, 1.807) is 0 Å². The quantitative estimate of drug-likeness (QED) is 0.0424. The standard InChI is InChI=1S/C36H68N2O7/c1-3-5-7-9-10-11-12-13-14-15-16-17-18-24-28-35(42)45-31(25-21-8-6-4-2)26-22-19-20-23-27-33(40)37-29-34(41)38-32(30-39)36(43)44/h31-32,39H,3-30H2,1-2H3,(H,37,40)(H,38,41)(H,43,44). The van der Waals surface area contributed by atoms with Crippen molar-refractivity contribution >= 4 is 23.8 Å². The first-order chi connectivity index (χ1) is 21.8. The van der Waals surface area contributed by atoms with Crippen molar-refractivity contribution in [2.24, 2.45) is 0 Å². The molecule has 2 amide bonds. The van der Waals surface area contributed by atoms with Gasteiger partial charge in [0.2, 0.25) is 11.8 Å². The fourth-order valence-corrected chi connectivity index (χ4v) is 5.48. The van der Waals surface area contributed by atoms with Gasteiger partial charge in [-0.3, -0.25) is 14.4 Å². The Labute approximate surface area is 274 Å². The van der Waals surface area contributed by atoms with Crippen LogP contribution in [0.2, 0.25) is 0 Å². The molecule has 0 aliphatic carbocycles. The van der Waals surface area contributed by atoms with E-state index in [-0.39, 0.29) is 30.9 Å². The monoisotopic (exact) mass is 641 g/mol. The number of amides is 2. The number of hydrogen-bond acceptors (Lipinski definition) is 6. The van der Waals surface area contributed by atoms with Gasteiger partial charge in [-0.05, 0) is 38.5 Å². The number of aliphatic hydroxyl groups is 1. The number of hydrogen-bond donors (Lipinski definition) is 4. The Morgan fingerprint density at radius 1 is 0.578 bits per heavy atom. The van der Waals surface area contributed by atoms with E-state index in [9.17, 15) is 19.2 Å². The second-order valence-electron chi connectivity index (χ2n) is 12.7. The molecule has 0 aliphatic rings. The summed E-state index contributed by atoms with van der Waals surface area (Å²) in [5.41, 5.74) is 0. The number of aliphatic carboxylic acids is 1. The fraction of sp³-hybridized carbons (Fsp3) is 0.889. The van der Waals surface area contributed by atoms with Gasteiger partial charge >= 0.3 is 11.9 Å². The summed E-state index contributed by atoms with van der Waals surface area (Å²) in [7, 11) is 0. The van der Waals surface area contributed by atoms with Crippen molar-refractivity contribution in [2.75, 3.05) is 13.2 Å². The van der Waals surface area contributed by atoms with Crippen LogP contribution in [0.1, 0.15) is 181 Å². The number of carboxylic acids is 1. The first-order valence-electron chi connectivity index (χ1n) is 18.4. The summed E-state index contributed by atoms with van der Waals surface area (Å²) in [6, 6.07) is -1.38. The van der Waals surface area contributed by atoms with Crippen LogP contribution in [0.4, 0.5) is 0 Å². The average molecular weight is 641 g/mol. The molecule has 264 valence electrons. The molecule has 0 aromatic carbocycles. The first-order valence-corrected chi connectivity index (χ1v) is 18.4. The second-order valence-corrected chi connectivity index (χ2v) is 12.7. The van der Waals surface area contributed by atoms with Gasteiger partial charge in [0.25, 0.3) is 0 Å². The number of unbranched alkanes of at least 4 members (excludes halogenated alkanes) is 19. The molecule has 0 bridgehead atoms. The van der Waals surface area contributed by atoms with Gasteiger partial charge in [-0.15, -0.1) is 0 Å². The van der Waals surface area contributed by atoms with E-state index in [0.717, 1.165) is 57.8 Å². The summed E-state index contributed by atoms with van der Waals surface area (Å²) in [4.78, 5) is 47.1. The van der Waals surface area contributed by atoms with Crippen molar-refractivity contribution in [1.82, 2.24) is 10.6 Å². The largest absolute Gasteiger partial charge is 0.480 e.